The molecule has 1 saturated heterocycles. The lowest BCUT2D eigenvalue weighted by molar-refractivity contribution is -0.145. The van der Waals surface area contributed by atoms with Crippen LogP contribution in [-0.4, -0.2) is 28.9 Å². The van der Waals surface area contributed by atoms with E-state index >= 15 is 0 Å². The van der Waals surface area contributed by atoms with Crippen LogP contribution in [0.5, 0.6) is 5.75 Å². The molecule has 5 heteroatoms. The number of benzene rings is 2. The lowest BCUT2D eigenvalue weighted by Gasteiger charge is -2.30. The van der Waals surface area contributed by atoms with E-state index in [1.54, 1.807) is 11.9 Å². The second-order valence-electron chi connectivity index (χ2n) is 6.63. The molecule has 2 unspecified atom stereocenters. The van der Waals surface area contributed by atoms with Crippen LogP contribution in [0.4, 0.5) is 0 Å². The number of carbonyl (C=O) groups is 2. The van der Waals surface area contributed by atoms with Crippen LogP contribution in [-0.2, 0) is 16.2 Å². The lowest BCUT2D eigenvalue weighted by atomic mass is 9.89. The van der Waals surface area contributed by atoms with E-state index in [2.05, 4.69) is 0 Å². The molecule has 2 aromatic carbocycles. The molecular formula is C21H23NO4. The first kappa shape index (κ1) is 18.0. The normalized spacial score (nSPS) is 20.5. The van der Waals surface area contributed by atoms with Crippen molar-refractivity contribution in [3.8, 4) is 5.75 Å². The number of hydrogen-bond acceptors (Lipinski definition) is 3. The van der Waals surface area contributed by atoms with Gasteiger partial charge in [-0.25, -0.2) is 0 Å². The van der Waals surface area contributed by atoms with Crippen LogP contribution in [0.15, 0.2) is 54.6 Å². The summed E-state index contributed by atoms with van der Waals surface area (Å²) in [6.07, 6.45) is 1.51. The van der Waals surface area contributed by atoms with E-state index in [4.69, 9.17) is 4.74 Å². The summed E-state index contributed by atoms with van der Waals surface area (Å²) in [6, 6.07) is 16.8. The second kappa shape index (κ2) is 8.04. The molecule has 1 fully saturated rings. The van der Waals surface area contributed by atoms with E-state index < -0.39 is 17.9 Å². The van der Waals surface area contributed by atoms with E-state index in [0.717, 1.165) is 11.1 Å². The number of likely N-dealkylation sites (tertiary alicyclic amines) is 1. The Bertz CT molecular complexity index is 757. The summed E-state index contributed by atoms with van der Waals surface area (Å²) >= 11 is 0. The van der Waals surface area contributed by atoms with Crippen LogP contribution in [0.3, 0.4) is 0 Å². The predicted octanol–water partition coefficient (Wildman–Crippen LogP) is 3.65. The number of ether oxygens (including phenoxy) is 1. The van der Waals surface area contributed by atoms with Gasteiger partial charge in [0.1, 0.15) is 12.4 Å². The Kier molecular flexibility index (Phi) is 5.56. The minimum absolute atomic E-state index is 0.0110. The van der Waals surface area contributed by atoms with E-state index in [9.17, 15) is 14.7 Å². The molecular weight excluding hydrogens is 330 g/mol. The van der Waals surface area contributed by atoms with Gasteiger partial charge in [-0.2, -0.15) is 0 Å². The Morgan fingerprint density at radius 1 is 1.15 bits per heavy atom. The van der Waals surface area contributed by atoms with Crippen molar-refractivity contribution in [2.45, 2.75) is 31.9 Å². The van der Waals surface area contributed by atoms with Crippen LogP contribution < -0.4 is 4.74 Å². The second-order valence-corrected chi connectivity index (χ2v) is 6.63. The van der Waals surface area contributed by atoms with Gasteiger partial charge in [0, 0.05) is 13.5 Å². The highest BCUT2D eigenvalue weighted by molar-refractivity contribution is 5.79. The minimum atomic E-state index is -0.860. The van der Waals surface area contributed by atoms with E-state index in [1.165, 1.54) is 0 Å². The van der Waals surface area contributed by atoms with Gasteiger partial charge in [-0.3, -0.25) is 9.59 Å². The maximum absolute atomic E-state index is 12.2. The minimum Gasteiger partial charge on any atom is -0.489 e. The van der Waals surface area contributed by atoms with Crippen molar-refractivity contribution in [2.75, 3.05) is 7.05 Å². The van der Waals surface area contributed by atoms with Crippen LogP contribution in [0.1, 0.15) is 36.4 Å². The van der Waals surface area contributed by atoms with Crippen molar-refractivity contribution >= 4 is 11.9 Å². The van der Waals surface area contributed by atoms with Crippen molar-refractivity contribution in [3.05, 3.63) is 65.7 Å². The zero-order valence-electron chi connectivity index (χ0n) is 14.8. The average Bonchev–Trinajstić information content (AvgIpc) is 2.80. The summed E-state index contributed by atoms with van der Waals surface area (Å²) in [5, 5.41) is 9.60. The van der Waals surface area contributed by atoms with Crippen molar-refractivity contribution in [1.82, 2.24) is 4.90 Å². The molecule has 0 bridgehead atoms. The number of nitrogens with zero attached hydrogens (tertiary/aromatic N) is 1. The molecule has 0 aromatic heterocycles. The Morgan fingerprint density at radius 3 is 2.50 bits per heavy atom. The summed E-state index contributed by atoms with van der Waals surface area (Å²) in [5.74, 6) is -0.751. The fraction of sp³-hybridized carbons (Fsp3) is 0.333. The Hall–Kier alpha value is -2.82. The smallest absolute Gasteiger partial charge is 0.308 e. The van der Waals surface area contributed by atoms with E-state index in [-0.39, 0.29) is 5.91 Å². The molecule has 136 valence electrons. The van der Waals surface area contributed by atoms with Gasteiger partial charge in [-0.05, 0) is 36.1 Å². The first-order valence-corrected chi connectivity index (χ1v) is 8.81. The summed E-state index contributed by atoms with van der Waals surface area (Å²) in [7, 11) is 1.69. The molecule has 2 aromatic rings. The van der Waals surface area contributed by atoms with Crippen LogP contribution in [0, 0.1) is 5.92 Å². The first-order valence-electron chi connectivity index (χ1n) is 8.81. The largest absolute Gasteiger partial charge is 0.489 e. The van der Waals surface area contributed by atoms with Gasteiger partial charge in [-0.15, -0.1) is 0 Å². The fourth-order valence-electron chi connectivity index (χ4n) is 3.45. The van der Waals surface area contributed by atoms with Crippen LogP contribution >= 0.6 is 0 Å². The van der Waals surface area contributed by atoms with Gasteiger partial charge in [0.15, 0.2) is 0 Å². The summed E-state index contributed by atoms with van der Waals surface area (Å²) < 4.78 is 5.78. The Labute approximate surface area is 153 Å². The third-order valence-corrected chi connectivity index (χ3v) is 4.88. The third kappa shape index (κ3) is 4.04. The highest BCUT2D eigenvalue weighted by atomic mass is 16.5. The molecule has 1 aliphatic heterocycles. The molecule has 26 heavy (non-hydrogen) atoms. The van der Waals surface area contributed by atoms with Crippen molar-refractivity contribution in [1.29, 1.82) is 0 Å². The molecule has 0 saturated carbocycles. The van der Waals surface area contributed by atoms with E-state index in [1.807, 2.05) is 54.6 Å². The fourth-order valence-corrected chi connectivity index (χ4v) is 3.45. The van der Waals surface area contributed by atoms with Crippen molar-refractivity contribution < 1.29 is 19.4 Å². The predicted molar refractivity (Wildman–Crippen MR) is 97.7 cm³/mol. The van der Waals surface area contributed by atoms with Gasteiger partial charge in [0.2, 0.25) is 5.91 Å². The molecule has 1 heterocycles. The van der Waals surface area contributed by atoms with Crippen LogP contribution in [0.25, 0.3) is 0 Å². The number of carboxylic acids is 1. The highest BCUT2D eigenvalue weighted by Gasteiger charge is 2.36. The molecule has 5 nitrogen and oxygen atoms in total. The molecule has 3 rings (SSSR count). The molecule has 0 aliphatic carbocycles. The lowest BCUT2D eigenvalue weighted by Crippen LogP contribution is -2.36. The molecule has 1 aliphatic rings. The number of aliphatic carboxylic acids is 1. The summed E-state index contributed by atoms with van der Waals surface area (Å²) in [4.78, 5) is 25.5. The number of carbonyl (C=O) groups excluding carboxylic acids is 1. The van der Waals surface area contributed by atoms with Gasteiger partial charge in [0.05, 0.1) is 12.0 Å². The molecule has 2 atom stereocenters. The van der Waals surface area contributed by atoms with Crippen molar-refractivity contribution in [3.63, 3.8) is 0 Å². The maximum atomic E-state index is 12.2. The number of hydrogen-bond donors (Lipinski definition) is 1. The first-order chi connectivity index (χ1) is 12.6. The van der Waals surface area contributed by atoms with E-state index in [0.29, 0.717) is 31.6 Å². The van der Waals surface area contributed by atoms with Gasteiger partial charge < -0.3 is 14.7 Å². The molecule has 1 N–H and O–H groups in total. The number of carboxylic acid groups (broad SMARTS) is 1. The van der Waals surface area contributed by atoms with Gasteiger partial charge in [0.25, 0.3) is 0 Å². The van der Waals surface area contributed by atoms with Gasteiger partial charge in [-0.1, -0.05) is 42.5 Å². The van der Waals surface area contributed by atoms with Gasteiger partial charge >= 0.3 is 5.97 Å². The summed E-state index contributed by atoms with van der Waals surface area (Å²) in [6.45, 7) is 0.472. The number of rotatable bonds is 5. The van der Waals surface area contributed by atoms with Crippen molar-refractivity contribution in [2.24, 2.45) is 5.92 Å². The third-order valence-electron chi connectivity index (χ3n) is 4.88. The Morgan fingerprint density at radius 2 is 1.85 bits per heavy atom. The molecule has 0 radical (unpaired) electrons. The SMILES string of the molecule is CN1C(=O)CCCC(C(=O)O)C1c1ccc(OCc2ccccc2)cc1. The zero-order chi connectivity index (χ0) is 18.5. The average molecular weight is 353 g/mol. The maximum Gasteiger partial charge on any atom is 0.308 e. The standard InChI is InChI=1S/C21H23NO4/c1-22-19(23)9-5-8-18(21(24)25)20(22)16-10-12-17(13-11-16)26-14-15-6-3-2-4-7-15/h2-4,6-7,10-13,18,20H,5,8-9,14H2,1H3,(H,24,25). The quantitative estimate of drug-likeness (QED) is 0.891. The monoisotopic (exact) mass is 353 g/mol. The molecule has 1 amide bonds. The molecule has 0 spiro atoms. The summed E-state index contributed by atoms with van der Waals surface area (Å²) in [5.41, 5.74) is 1.90. The zero-order valence-corrected chi connectivity index (χ0v) is 14.8. The topological polar surface area (TPSA) is 66.8 Å². The number of amides is 1. The Balaban J connectivity index is 1.76. The highest BCUT2D eigenvalue weighted by Crippen LogP contribution is 2.35. The van der Waals surface area contributed by atoms with Crippen LogP contribution in [0.2, 0.25) is 0 Å².